The highest BCUT2D eigenvalue weighted by Crippen LogP contribution is 2.34. The number of nitrogens with zero attached hydrogens (tertiary/aromatic N) is 1. The monoisotopic (exact) mass is 440 g/mol. The largest absolute Gasteiger partial charge is 0.354 e. The van der Waals surface area contributed by atoms with Gasteiger partial charge in [-0.15, -0.1) is 0 Å². The number of hydrogen-bond donors (Lipinski definition) is 1. The molecule has 1 N–H and O–H groups in total. The Hall–Kier alpha value is -1.80. The van der Waals surface area contributed by atoms with Crippen LogP contribution in [0.2, 0.25) is 10.0 Å². The minimum atomic E-state index is -0.409. The van der Waals surface area contributed by atoms with Crippen molar-refractivity contribution < 1.29 is 14.4 Å². The van der Waals surface area contributed by atoms with Crippen molar-refractivity contribution in [1.29, 1.82) is 0 Å². The molecule has 0 atom stereocenters. The van der Waals surface area contributed by atoms with Crippen LogP contribution in [0.5, 0.6) is 0 Å². The average molecular weight is 441 g/mol. The molecule has 0 saturated carbocycles. The summed E-state index contributed by atoms with van der Waals surface area (Å²) < 4.78 is 0. The van der Waals surface area contributed by atoms with Crippen LogP contribution >= 0.6 is 46.3 Å². The number of rotatable bonds is 6. The second kappa shape index (κ2) is 8.93. The van der Waals surface area contributed by atoms with Crippen LogP contribution in [0.25, 0.3) is 6.08 Å². The van der Waals surface area contributed by atoms with Gasteiger partial charge in [0, 0.05) is 13.1 Å². The lowest BCUT2D eigenvalue weighted by atomic mass is 10.2. The third-order valence-corrected chi connectivity index (χ3v) is 6.22. The van der Waals surface area contributed by atoms with Crippen molar-refractivity contribution in [1.82, 2.24) is 10.2 Å². The van der Waals surface area contributed by atoms with Crippen LogP contribution in [-0.2, 0) is 16.0 Å². The zero-order valence-electron chi connectivity index (χ0n) is 13.9. The summed E-state index contributed by atoms with van der Waals surface area (Å²) >= 11 is 14.5. The Balaban J connectivity index is 1.58. The summed E-state index contributed by atoms with van der Waals surface area (Å²) in [5.74, 6) is -0.560. The number of halogens is 2. The highest BCUT2D eigenvalue weighted by atomic mass is 35.5. The second-order valence-electron chi connectivity index (χ2n) is 5.63. The summed E-state index contributed by atoms with van der Waals surface area (Å²) in [6, 6.07) is 6.96. The van der Waals surface area contributed by atoms with E-state index in [0.717, 1.165) is 22.2 Å². The molecule has 1 aliphatic heterocycles. The number of hydrogen-bond acceptors (Lipinski definition) is 5. The predicted molar refractivity (Wildman–Crippen MR) is 110 cm³/mol. The maximum Gasteiger partial charge on any atom is 0.293 e. The van der Waals surface area contributed by atoms with Crippen LogP contribution in [0.3, 0.4) is 0 Å². The van der Waals surface area contributed by atoms with Gasteiger partial charge in [-0.2, -0.15) is 11.3 Å². The molecule has 2 heterocycles. The van der Waals surface area contributed by atoms with E-state index in [2.05, 4.69) is 5.32 Å². The standard InChI is InChI=1S/C18H14Cl2N2O3S2/c19-13-3-1-2-12(16(13)20)9-14-17(24)22(18(25)27-14)6-5-21-15(23)8-11-4-7-26-10-11/h1-4,7,9-10H,5-6,8H2,(H,21,23)/b14-9-. The number of thiophene rings is 1. The molecule has 1 aliphatic rings. The summed E-state index contributed by atoms with van der Waals surface area (Å²) in [7, 11) is 0. The lowest BCUT2D eigenvalue weighted by molar-refractivity contribution is -0.124. The molecule has 1 fully saturated rings. The van der Waals surface area contributed by atoms with Crippen LogP contribution in [0.15, 0.2) is 39.9 Å². The number of carbonyl (C=O) groups is 3. The van der Waals surface area contributed by atoms with Gasteiger partial charge in [0.1, 0.15) is 0 Å². The van der Waals surface area contributed by atoms with Crippen molar-refractivity contribution in [3.05, 3.63) is 61.1 Å². The normalized spacial score (nSPS) is 15.6. The van der Waals surface area contributed by atoms with Gasteiger partial charge in [0.05, 0.1) is 21.4 Å². The molecule has 5 nitrogen and oxygen atoms in total. The predicted octanol–water partition coefficient (Wildman–Crippen LogP) is 4.45. The topological polar surface area (TPSA) is 66.5 Å². The first kappa shape index (κ1) is 19.9. The van der Waals surface area contributed by atoms with Crippen LogP contribution in [0.4, 0.5) is 4.79 Å². The number of carbonyl (C=O) groups excluding carboxylic acids is 3. The molecule has 1 aromatic carbocycles. The molecule has 3 amide bonds. The van der Waals surface area contributed by atoms with Gasteiger partial charge < -0.3 is 5.32 Å². The first-order valence-electron chi connectivity index (χ1n) is 7.93. The Morgan fingerprint density at radius 3 is 2.78 bits per heavy atom. The molecule has 0 radical (unpaired) electrons. The molecule has 27 heavy (non-hydrogen) atoms. The molecule has 1 saturated heterocycles. The van der Waals surface area contributed by atoms with E-state index in [1.54, 1.807) is 24.3 Å². The van der Waals surface area contributed by atoms with Gasteiger partial charge in [0.15, 0.2) is 0 Å². The molecule has 0 spiro atoms. The van der Waals surface area contributed by atoms with Gasteiger partial charge >= 0.3 is 0 Å². The fraction of sp³-hybridized carbons (Fsp3) is 0.167. The lowest BCUT2D eigenvalue weighted by Crippen LogP contribution is -2.37. The third-order valence-electron chi connectivity index (χ3n) is 3.74. The maximum atomic E-state index is 12.5. The first-order valence-corrected chi connectivity index (χ1v) is 10.4. The van der Waals surface area contributed by atoms with E-state index in [1.807, 2.05) is 16.8 Å². The van der Waals surface area contributed by atoms with Crippen molar-refractivity contribution in [3.8, 4) is 0 Å². The molecule has 0 bridgehead atoms. The molecule has 9 heteroatoms. The third kappa shape index (κ3) is 4.93. The first-order chi connectivity index (χ1) is 13.0. The van der Waals surface area contributed by atoms with Gasteiger partial charge in [-0.25, -0.2) is 0 Å². The highest BCUT2D eigenvalue weighted by Gasteiger charge is 2.34. The van der Waals surface area contributed by atoms with E-state index in [-0.39, 0.29) is 35.6 Å². The quantitative estimate of drug-likeness (QED) is 0.673. The van der Waals surface area contributed by atoms with E-state index >= 15 is 0 Å². The van der Waals surface area contributed by atoms with Gasteiger partial charge in [0.25, 0.3) is 11.1 Å². The fourth-order valence-corrected chi connectivity index (χ4v) is 4.30. The molecule has 140 valence electrons. The molecule has 3 rings (SSSR count). The summed E-state index contributed by atoms with van der Waals surface area (Å²) in [4.78, 5) is 37.9. The van der Waals surface area contributed by atoms with E-state index in [4.69, 9.17) is 23.2 Å². The SMILES string of the molecule is O=C(Cc1ccsc1)NCCN1C(=O)S/C(=C\c2cccc(Cl)c2Cl)C1=O. The average Bonchev–Trinajstić information content (AvgIpc) is 3.22. The maximum absolute atomic E-state index is 12.5. The van der Waals surface area contributed by atoms with Crippen LogP contribution < -0.4 is 5.32 Å². The Bertz CT molecular complexity index is 913. The molecule has 0 aliphatic carbocycles. The van der Waals surface area contributed by atoms with E-state index in [9.17, 15) is 14.4 Å². The number of imide groups is 1. The van der Waals surface area contributed by atoms with E-state index < -0.39 is 5.91 Å². The summed E-state index contributed by atoms with van der Waals surface area (Å²) in [5.41, 5.74) is 1.50. The summed E-state index contributed by atoms with van der Waals surface area (Å²) in [5, 5.41) is 6.85. The molecule has 0 unspecified atom stereocenters. The minimum Gasteiger partial charge on any atom is -0.354 e. The van der Waals surface area contributed by atoms with E-state index in [1.165, 1.54) is 11.3 Å². The zero-order chi connectivity index (χ0) is 19.4. The Kier molecular flexibility index (Phi) is 6.59. The van der Waals surface area contributed by atoms with Gasteiger partial charge in [-0.05, 0) is 51.9 Å². The number of benzene rings is 1. The Morgan fingerprint density at radius 2 is 2.04 bits per heavy atom. The van der Waals surface area contributed by atoms with Gasteiger partial charge in [-0.1, -0.05) is 35.3 Å². The van der Waals surface area contributed by atoms with Crippen molar-refractivity contribution in [2.45, 2.75) is 6.42 Å². The molecular formula is C18H14Cl2N2O3S2. The molecular weight excluding hydrogens is 427 g/mol. The smallest absolute Gasteiger partial charge is 0.293 e. The van der Waals surface area contributed by atoms with Gasteiger partial charge in [0.2, 0.25) is 5.91 Å². The number of nitrogens with one attached hydrogen (secondary N) is 1. The van der Waals surface area contributed by atoms with Crippen molar-refractivity contribution in [2.75, 3.05) is 13.1 Å². The second-order valence-corrected chi connectivity index (χ2v) is 8.19. The Labute approximate surface area is 174 Å². The van der Waals surface area contributed by atoms with E-state index in [0.29, 0.717) is 15.6 Å². The molecule has 2 aromatic rings. The summed E-state index contributed by atoms with van der Waals surface area (Å²) in [6.45, 7) is 0.312. The van der Waals surface area contributed by atoms with Crippen LogP contribution in [0, 0.1) is 0 Å². The van der Waals surface area contributed by atoms with Crippen molar-refractivity contribution >= 4 is 69.4 Å². The Morgan fingerprint density at radius 1 is 1.22 bits per heavy atom. The summed E-state index contributed by atoms with van der Waals surface area (Å²) in [6.07, 6.45) is 1.83. The minimum absolute atomic E-state index is 0.112. The van der Waals surface area contributed by atoms with Gasteiger partial charge in [-0.3, -0.25) is 19.3 Å². The van der Waals surface area contributed by atoms with Crippen LogP contribution in [0.1, 0.15) is 11.1 Å². The highest BCUT2D eigenvalue weighted by molar-refractivity contribution is 8.18. The molecule has 1 aromatic heterocycles. The van der Waals surface area contributed by atoms with Crippen molar-refractivity contribution in [3.63, 3.8) is 0 Å². The fourth-order valence-electron chi connectivity index (χ4n) is 2.41. The number of thioether (sulfide) groups is 1. The van der Waals surface area contributed by atoms with Crippen LogP contribution in [-0.4, -0.2) is 35.0 Å². The lowest BCUT2D eigenvalue weighted by Gasteiger charge is -2.12. The number of amides is 3. The zero-order valence-corrected chi connectivity index (χ0v) is 17.1. The van der Waals surface area contributed by atoms with Crippen molar-refractivity contribution in [2.24, 2.45) is 0 Å².